The summed E-state index contributed by atoms with van der Waals surface area (Å²) in [5.74, 6) is 0.790. The van der Waals surface area contributed by atoms with Crippen molar-refractivity contribution in [2.45, 2.75) is 55.6 Å². The van der Waals surface area contributed by atoms with Crippen LogP contribution in [0, 0.1) is 11.8 Å². The summed E-state index contributed by atoms with van der Waals surface area (Å²) in [5, 5.41) is 12.1. The van der Waals surface area contributed by atoms with Gasteiger partial charge in [-0.15, -0.1) is 0 Å². The number of aliphatic hydroxyl groups is 1. The van der Waals surface area contributed by atoms with E-state index in [1.165, 1.54) is 18.4 Å². The van der Waals surface area contributed by atoms with Crippen LogP contribution in [0.4, 0.5) is 0 Å². The Morgan fingerprint density at radius 3 is 2.89 bits per heavy atom. The van der Waals surface area contributed by atoms with Gasteiger partial charge in [0.05, 0.1) is 18.6 Å². The molecule has 4 aliphatic rings. The Labute approximate surface area is 159 Å². The standard InChI is InChI=1S/C22H27NO4/c1-27-17-5-4-15-8-20-22(26)10-16(13-24)19(25)11-21(22,18(15)9-17)6-7-23(20)12-14-2-3-14/h4-5,9,13-14,16,20,26H,2-3,6-8,10-12H2,1H3. The highest BCUT2D eigenvalue weighted by atomic mass is 16.5. The summed E-state index contributed by atoms with van der Waals surface area (Å²) in [5.41, 5.74) is 0.628. The van der Waals surface area contributed by atoms with Gasteiger partial charge in [-0.25, -0.2) is 0 Å². The number of carbonyl (C=O) groups is 2. The first-order valence-corrected chi connectivity index (χ1v) is 10.1. The van der Waals surface area contributed by atoms with Gasteiger partial charge in [-0.3, -0.25) is 9.69 Å². The summed E-state index contributed by atoms with van der Waals surface area (Å²) in [6, 6.07) is 6.06. The van der Waals surface area contributed by atoms with Gasteiger partial charge >= 0.3 is 0 Å². The van der Waals surface area contributed by atoms with Gasteiger partial charge in [-0.05, 0) is 67.8 Å². The second-order valence-electron chi connectivity index (χ2n) is 9.03. The molecule has 0 spiro atoms. The summed E-state index contributed by atoms with van der Waals surface area (Å²) in [6.07, 6.45) is 5.31. The summed E-state index contributed by atoms with van der Waals surface area (Å²) in [4.78, 5) is 26.8. The van der Waals surface area contributed by atoms with E-state index < -0.39 is 16.9 Å². The molecule has 4 unspecified atom stereocenters. The van der Waals surface area contributed by atoms with E-state index in [9.17, 15) is 14.7 Å². The first-order valence-electron chi connectivity index (χ1n) is 10.1. The van der Waals surface area contributed by atoms with Crippen molar-refractivity contribution in [3.05, 3.63) is 29.3 Å². The molecule has 2 saturated carbocycles. The number of piperidine rings is 1. The molecule has 1 heterocycles. The number of ether oxygens (including phenoxy) is 1. The zero-order valence-electron chi connectivity index (χ0n) is 15.8. The highest BCUT2D eigenvalue weighted by molar-refractivity contribution is 5.95. The van der Waals surface area contributed by atoms with Crippen molar-refractivity contribution in [3.63, 3.8) is 0 Å². The number of hydrogen-bond donors (Lipinski definition) is 1. The lowest BCUT2D eigenvalue weighted by atomic mass is 9.48. The summed E-state index contributed by atoms with van der Waals surface area (Å²) < 4.78 is 5.45. The Hall–Kier alpha value is -1.72. The molecule has 144 valence electrons. The fourth-order valence-corrected chi connectivity index (χ4v) is 6.03. The highest BCUT2D eigenvalue weighted by Crippen LogP contribution is 2.58. The van der Waals surface area contributed by atoms with E-state index in [0.717, 1.165) is 49.4 Å². The fourth-order valence-electron chi connectivity index (χ4n) is 6.03. The molecule has 5 rings (SSSR count). The van der Waals surface area contributed by atoms with Crippen LogP contribution in [0.2, 0.25) is 0 Å². The molecule has 5 heteroatoms. The molecule has 4 atom stereocenters. The molecule has 27 heavy (non-hydrogen) atoms. The van der Waals surface area contributed by atoms with Crippen LogP contribution < -0.4 is 4.74 Å². The van der Waals surface area contributed by atoms with Crippen LogP contribution in [0.3, 0.4) is 0 Å². The zero-order valence-corrected chi connectivity index (χ0v) is 15.8. The monoisotopic (exact) mass is 369 g/mol. The largest absolute Gasteiger partial charge is 0.497 e. The Morgan fingerprint density at radius 2 is 2.19 bits per heavy atom. The van der Waals surface area contributed by atoms with Gasteiger partial charge in [0.1, 0.15) is 17.8 Å². The lowest BCUT2D eigenvalue weighted by molar-refractivity contribution is -0.181. The maximum Gasteiger partial charge on any atom is 0.144 e. The minimum atomic E-state index is -1.04. The molecule has 1 aromatic rings. The van der Waals surface area contributed by atoms with Crippen molar-refractivity contribution in [3.8, 4) is 5.75 Å². The number of hydrogen-bond acceptors (Lipinski definition) is 5. The van der Waals surface area contributed by atoms with Crippen molar-refractivity contribution < 1.29 is 19.4 Å². The van der Waals surface area contributed by atoms with Crippen molar-refractivity contribution in [1.82, 2.24) is 4.90 Å². The lowest BCUT2D eigenvalue weighted by Gasteiger charge is -2.64. The normalized spacial score (nSPS) is 38.1. The van der Waals surface area contributed by atoms with Gasteiger partial charge in [0.25, 0.3) is 0 Å². The topological polar surface area (TPSA) is 66.8 Å². The summed E-state index contributed by atoms with van der Waals surface area (Å²) in [7, 11) is 1.64. The molecule has 1 aliphatic heterocycles. The average Bonchev–Trinajstić information content (AvgIpc) is 3.48. The number of benzene rings is 1. The van der Waals surface area contributed by atoms with Crippen LogP contribution >= 0.6 is 0 Å². The number of likely N-dealkylation sites (tertiary alicyclic amines) is 1. The van der Waals surface area contributed by atoms with E-state index >= 15 is 0 Å². The molecule has 1 aromatic carbocycles. The van der Waals surface area contributed by atoms with Crippen molar-refractivity contribution in [2.75, 3.05) is 20.2 Å². The Balaban J connectivity index is 1.65. The quantitative estimate of drug-likeness (QED) is 0.648. The van der Waals surface area contributed by atoms with E-state index in [1.807, 2.05) is 12.1 Å². The summed E-state index contributed by atoms with van der Waals surface area (Å²) in [6.45, 7) is 1.92. The van der Waals surface area contributed by atoms with Crippen molar-refractivity contribution in [2.24, 2.45) is 11.8 Å². The third kappa shape index (κ3) is 2.37. The number of nitrogens with zero attached hydrogens (tertiary/aromatic N) is 1. The predicted octanol–water partition coefficient (Wildman–Crippen LogP) is 1.88. The van der Waals surface area contributed by atoms with Crippen LogP contribution in [-0.2, 0) is 21.4 Å². The second-order valence-corrected chi connectivity index (χ2v) is 9.03. The van der Waals surface area contributed by atoms with Gasteiger partial charge in [-0.2, -0.15) is 0 Å². The lowest BCUT2D eigenvalue weighted by Crippen LogP contribution is -2.74. The van der Waals surface area contributed by atoms with Gasteiger partial charge in [0, 0.05) is 24.4 Å². The number of carbonyl (C=O) groups excluding carboxylic acids is 2. The minimum absolute atomic E-state index is 0.0247. The maximum atomic E-state index is 12.8. The molecule has 0 aromatic heterocycles. The number of aldehydes is 1. The number of methoxy groups -OCH3 is 1. The Kier molecular flexibility index (Phi) is 3.79. The Morgan fingerprint density at radius 1 is 1.37 bits per heavy atom. The number of Topliss-reactive ketones (excluding diaryl/α,β-unsaturated/α-hetero) is 1. The summed E-state index contributed by atoms with van der Waals surface area (Å²) >= 11 is 0. The molecule has 3 aliphatic carbocycles. The smallest absolute Gasteiger partial charge is 0.144 e. The molecule has 3 fully saturated rings. The molecule has 1 saturated heterocycles. The fraction of sp³-hybridized carbons (Fsp3) is 0.636. The van der Waals surface area contributed by atoms with Crippen LogP contribution in [0.5, 0.6) is 5.75 Å². The second kappa shape index (κ2) is 5.89. The van der Waals surface area contributed by atoms with Crippen LogP contribution in [0.25, 0.3) is 0 Å². The van der Waals surface area contributed by atoms with Crippen molar-refractivity contribution >= 4 is 12.1 Å². The van der Waals surface area contributed by atoms with Crippen molar-refractivity contribution in [1.29, 1.82) is 0 Å². The van der Waals surface area contributed by atoms with Gasteiger partial charge in [0.2, 0.25) is 0 Å². The molecule has 5 nitrogen and oxygen atoms in total. The van der Waals surface area contributed by atoms with E-state index in [1.54, 1.807) is 7.11 Å². The van der Waals surface area contributed by atoms with E-state index in [0.29, 0.717) is 0 Å². The van der Waals surface area contributed by atoms with Crippen LogP contribution in [-0.4, -0.2) is 53.9 Å². The third-order valence-corrected chi connectivity index (χ3v) is 7.67. The van der Waals surface area contributed by atoms with Gasteiger partial charge in [0.15, 0.2) is 0 Å². The zero-order chi connectivity index (χ0) is 18.8. The third-order valence-electron chi connectivity index (χ3n) is 7.67. The molecule has 0 radical (unpaired) electrons. The highest BCUT2D eigenvalue weighted by Gasteiger charge is 2.66. The Bertz CT molecular complexity index is 804. The number of ketones is 1. The van der Waals surface area contributed by atoms with E-state index in [2.05, 4.69) is 11.0 Å². The van der Waals surface area contributed by atoms with E-state index in [-0.39, 0.29) is 24.7 Å². The predicted molar refractivity (Wildman–Crippen MR) is 99.8 cm³/mol. The van der Waals surface area contributed by atoms with E-state index in [4.69, 9.17) is 4.74 Å². The SMILES string of the molecule is COc1ccc2c(c1)C13CCN(CC4CC4)C(C2)C1(O)CC(C=O)C(=O)C3. The van der Waals surface area contributed by atoms with Crippen LogP contribution in [0.15, 0.2) is 18.2 Å². The number of rotatable bonds is 4. The number of fused-ring (bicyclic) bond motifs is 1. The van der Waals surface area contributed by atoms with Crippen LogP contribution in [0.1, 0.15) is 43.2 Å². The maximum absolute atomic E-state index is 12.8. The average molecular weight is 369 g/mol. The molecular formula is C22H27NO4. The van der Waals surface area contributed by atoms with Gasteiger partial charge in [-0.1, -0.05) is 6.07 Å². The first kappa shape index (κ1) is 17.4. The molecule has 2 bridgehead atoms. The molecular weight excluding hydrogens is 342 g/mol. The van der Waals surface area contributed by atoms with Gasteiger partial charge < -0.3 is 14.6 Å². The molecule has 1 N–H and O–H groups in total. The molecule has 0 amide bonds. The minimum Gasteiger partial charge on any atom is -0.497 e. The first-order chi connectivity index (χ1) is 13.0.